The Kier molecular flexibility index (Phi) is 25.2. The van der Waals surface area contributed by atoms with E-state index in [1.165, 1.54) is 54.3 Å². The quantitative estimate of drug-likeness (QED) is 0.0431. The standard InChI is InChI=1S/C48H58F2N6O3.C11H16N2.C5H10.C4H9NO.CH3NO/c1-5-9-36(10-6-2)59-37-18-16-35(17-19-37)57-28-34-21-22-48(23-30(4)25-56(34)48)29-58-47-53-45-40(46(54-47)55-26-32-14-15-33(27-55)52-32)24-51-44(43(45)50)39-12-8-11-31-13-20-41(49)38(7-3)42(31)39;1-4-9-5-6-10-8(2)12-13(3)11(10)7-9;1-3-5-4-2;1-3-4(6)5-2;2-1-3/h3,8,11-13,20,24,32-37,52H,4-6,9-10,14-19,21-23,25-29H2,1-2H3;7H,4-6H2,1-3H3;3H,1,4-5H2,2H3;3H2,1-2H3,(H,5,6);1H,(H2,2,3). The summed E-state index contributed by atoms with van der Waals surface area (Å²) in [7, 11) is 3.66. The van der Waals surface area contributed by atoms with Gasteiger partial charge >= 0.3 is 6.01 Å². The van der Waals surface area contributed by atoms with Crippen molar-refractivity contribution in [3.63, 3.8) is 0 Å². The molecule has 7 heterocycles. The maximum atomic E-state index is 17.1. The number of hydrogen-bond acceptors (Lipinski definition) is 12. The third-order valence-electron chi connectivity index (χ3n) is 17.7. The molecule has 0 radical (unpaired) electrons. The van der Waals surface area contributed by atoms with Crippen LogP contribution in [0.4, 0.5) is 14.6 Å². The molecule has 2 aromatic carbocycles. The van der Waals surface area contributed by atoms with Crippen molar-refractivity contribution in [2.45, 2.75) is 206 Å². The van der Waals surface area contributed by atoms with Crippen molar-refractivity contribution in [3.05, 3.63) is 101 Å². The molecular weight excluding hydrogens is 1090 g/mol. The number of benzene rings is 2. The van der Waals surface area contributed by atoms with Crippen LogP contribution in [0.15, 0.2) is 66.9 Å². The number of amides is 2. The number of anilines is 1. The first-order chi connectivity index (χ1) is 41.6. The molecule has 3 aromatic heterocycles. The van der Waals surface area contributed by atoms with E-state index in [4.69, 9.17) is 35.4 Å². The zero-order valence-electron chi connectivity index (χ0n) is 52.6. The van der Waals surface area contributed by atoms with Crippen molar-refractivity contribution in [1.29, 1.82) is 0 Å². The maximum absolute atomic E-state index is 17.1. The van der Waals surface area contributed by atoms with Crippen molar-refractivity contribution in [2.24, 2.45) is 12.8 Å². The van der Waals surface area contributed by atoms with Gasteiger partial charge in [0.25, 0.3) is 0 Å². The minimum Gasteiger partial charge on any atom is -0.461 e. The number of halogens is 2. The number of fused-ring (bicyclic) bond motifs is 6. The second kappa shape index (κ2) is 32.4. The van der Waals surface area contributed by atoms with Gasteiger partial charge in [-0.3, -0.25) is 24.2 Å². The van der Waals surface area contributed by atoms with E-state index in [0.717, 1.165) is 110 Å². The second-order valence-corrected chi connectivity index (χ2v) is 23.8. The number of piperazine rings is 1. The molecule has 2 amide bonds. The predicted molar refractivity (Wildman–Crippen MR) is 343 cm³/mol. The molecule has 86 heavy (non-hydrogen) atoms. The van der Waals surface area contributed by atoms with Gasteiger partial charge in [0, 0.05) is 81.0 Å². The van der Waals surface area contributed by atoms with Gasteiger partial charge in [0.15, 0.2) is 5.82 Å². The van der Waals surface area contributed by atoms with Crippen LogP contribution in [0.2, 0.25) is 0 Å². The zero-order chi connectivity index (χ0) is 61.9. The van der Waals surface area contributed by atoms with Crippen molar-refractivity contribution in [1.82, 2.24) is 40.3 Å². The Balaban J connectivity index is 0.000000323. The molecule has 6 aliphatic rings. The highest BCUT2D eigenvalue weighted by Gasteiger charge is 2.51. The van der Waals surface area contributed by atoms with E-state index in [-0.39, 0.29) is 52.8 Å². The fourth-order valence-corrected chi connectivity index (χ4v) is 13.3. The molecule has 5 fully saturated rings. The highest BCUT2D eigenvalue weighted by molar-refractivity contribution is 6.02. The van der Waals surface area contributed by atoms with E-state index >= 15 is 4.39 Å². The molecule has 17 heteroatoms. The molecule has 466 valence electrons. The summed E-state index contributed by atoms with van der Waals surface area (Å²) >= 11 is 0. The van der Waals surface area contributed by atoms with Crippen LogP contribution >= 0.6 is 0 Å². The van der Waals surface area contributed by atoms with Gasteiger partial charge < -0.3 is 35.5 Å². The summed E-state index contributed by atoms with van der Waals surface area (Å²) in [6.07, 6.45) is 33.2. The summed E-state index contributed by atoms with van der Waals surface area (Å²) in [5.41, 5.74) is 11.2. The highest BCUT2D eigenvalue weighted by Crippen LogP contribution is 2.45. The molecule has 4 N–H and O–H groups in total. The zero-order valence-corrected chi connectivity index (χ0v) is 52.6. The molecule has 5 aromatic rings. The Labute approximate surface area is 510 Å². The summed E-state index contributed by atoms with van der Waals surface area (Å²) in [5.74, 6) is 2.03. The lowest BCUT2D eigenvalue weighted by atomic mass is 9.93. The molecule has 2 aliphatic carbocycles. The van der Waals surface area contributed by atoms with E-state index in [1.54, 1.807) is 37.0 Å². The number of terminal acetylenes is 1. The van der Waals surface area contributed by atoms with Crippen LogP contribution in [-0.4, -0.2) is 124 Å². The number of carbonyl (C=O) groups excluding carboxylic acids is 2. The number of aromatic nitrogens is 5. The minimum absolute atomic E-state index is 0.0508. The number of carbonyl (C=O) groups is 2. The smallest absolute Gasteiger partial charge is 0.319 e. The lowest BCUT2D eigenvalue weighted by Crippen LogP contribution is -2.51. The van der Waals surface area contributed by atoms with E-state index in [0.29, 0.717) is 71.5 Å². The van der Waals surface area contributed by atoms with E-state index < -0.39 is 11.6 Å². The topological polar surface area (TPSA) is 175 Å². The van der Waals surface area contributed by atoms with Gasteiger partial charge in [-0.1, -0.05) is 108 Å². The largest absolute Gasteiger partial charge is 0.461 e. The summed E-state index contributed by atoms with van der Waals surface area (Å²) in [4.78, 5) is 37.9. The molecule has 11 rings (SSSR count). The number of nitrogens with two attached hydrogens (primary N) is 1. The average molecular weight is 1180 g/mol. The van der Waals surface area contributed by atoms with Crippen LogP contribution in [0.1, 0.15) is 173 Å². The molecule has 4 unspecified atom stereocenters. The molecule has 4 aliphatic heterocycles. The summed E-state index contributed by atoms with van der Waals surface area (Å²) in [6.45, 7) is 24.1. The molecule has 4 saturated heterocycles. The van der Waals surface area contributed by atoms with Gasteiger partial charge in [-0.2, -0.15) is 15.1 Å². The van der Waals surface area contributed by atoms with Crippen molar-refractivity contribution < 1.29 is 32.6 Å². The van der Waals surface area contributed by atoms with Gasteiger partial charge in [-0.25, -0.2) is 8.78 Å². The average Bonchev–Trinajstić information content (AvgIpc) is 1.29. The van der Waals surface area contributed by atoms with Crippen LogP contribution < -0.4 is 26.0 Å². The number of unbranched alkanes of at least 4 members (excludes halogenated alkanes) is 1. The lowest BCUT2D eigenvalue weighted by Gasteiger charge is -2.36. The Hall–Kier alpha value is -6.58. The Morgan fingerprint density at radius 1 is 0.988 bits per heavy atom. The minimum atomic E-state index is -0.622. The van der Waals surface area contributed by atoms with E-state index in [2.05, 4.69) is 96.0 Å². The lowest BCUT2D eigenvalue weighted by molar-refractivity contribution is -0.120. The fourth-order valence-electron chi connectivity index (χ4n) is 13.3. The fraction of sp³-hybridized carbons (Fsp3) is 0.565. The number of primary amides is 1. The molecular formula is C69H96F2N10O5. The maximum Gasteiger partial charge on any atom is 0.319 e. The first kappa shape index (κ1) is 66.9. The van der Waals surface area contributed by atoms with Gasteiger partial charge in [-0.15, -0.1) is 13.0 Å². The van der Waals surface area contributed by atoms with Gasteiger partial charge in [0.05, 0.1) is 52.8 Å². The molecule has 0 spiro atoms. The third kappa shape index (κ3) is 16.5. The van der Waals surface area contributed by atoms with Crippen molar-refractivity contribution >= 4 is 45.9 Å². The first-order valence-corrected chi connectivity index (χ1v) is 31.7. The number of pyridine rings is 1. The van der Waals surface area contributed by atoms with Crippen LogP contribution in [0.3, 0.4) is 0 Å². The summed E-state index contributed by atoms with van der Waals surface area (Å²) in [6, 6.07) is 9.41. The third-order valence-corrected chi connectivity index (χ3v) is 17.7. The van der Waals surface area contributed by atoms with Crippen LogP contribution in [0, 0.1) is 30.9 Å². The first-order valence-electron chi connectivity index (χ1n) is 31.7. The second-order valence-electron chi connectivity index (χ2n) is 23.8. The monoisotopic (exact) mass is 1180 g/mol. The predicted octanol–water partition coefficient (Wildman–Crippen LogP) is 12.6. The molecule has 15 nitrogen and oxygen atoms in total. The number of aryl methyl sites for hydroxylation is 2. The molecule has 1 saturated carbocycles. The van der Waals surface area contributed by atoms with Crippen molar-refractivity contribution in [2.75, 3.05) is 44.8 Å². The van der Waals surface area contributed by atoms with Crippen LogP contribution in [0.25, 0.3) is 39.0 Å². The van der Waals surface area contributed by atoms with E-state index in [9.17, 15) is 9.18 Å². The number of hydrogen-bond donors (Lipinski definition) is 3. The number of ether oxygens (including phenoxy) is 3. The number of nitrogens with zero attached hydrogens (tertiary/aromatic N) is 7. The Morgan fingerprint density at radius 2 is 1.70 bits per heavy atom. The van der Waals surface area contributed by atoms with Gasteiger partial charge in [-0.05, 0) is 121 Å². The summed E-state index contributed by atoms with van der Waals surface area (Å²) in [5, 5.41) is 12.2. The number of allylic oxidation sites excluding steroid dienone is 2. The van der Waals surface area contributed by atoms with E-state index in [1.807, 2.05) is 30.8 Å². The normalized spacial score (nSPS) is 21.9. The highest BCUT2D eigenvalue weighted by atomic mass is 19.1. The van der Waals surface area contributed by atoms with Crippen LogP contribution in [-0.2, 0) is 32.5 Å². The van der Waals surface area contributed by atoms with Gasteiger partial charge in [0.2, 0.25) is 12.3 Å². The van der Waals surface area contributed by atoms with Crippen LogP contribution in [0.5, 0.6) is 6.01 Å². The molecule has 2 bridgehead atoms. The Bertz CT molecular complexity index is 3140. The molecule has 4 atom stereocenters. The van der Waals surface area contributed by atoms with Crippen molar-refractivity contribution in [3.8, 4) is 29.6 Å². The van der Waals surface area contributed by atoms with Gasteiger partial charge in [0.1, 0.15) is 29.5 Å². The SMILES string of the molecule is C#Cc1c(F)ccc2cccc(-c3ncc4c(N5CC6CCC(C5)N6)nc(OCC56CCC(COC7CCC(OC(CCC)CCC)CC7)N5CC(=C)C6)nc4c3F)c12.C=CCCC.CCC(=O)NC.CCC1=Cc2c(c(C)nn2C)CC1.NC=O. The number of rotatable bonds is 18. The Morgan fingerprint density at radius 3 is 2.31 bits per heavy atom. The summed E-state index contributed by atoms with van der Waals surface area (Å²) < 4.78 is 53.9. The number of nitrogens with one attached hydrogen (secondary N) is 2.